The summed E-state index contributed by atoms with van der Waals surface area (Å²) < 4.78 is 17.8. The van der Waals surface area contributed by atoms with Crippen LogP contribution < -0.4 is 15.6 Å². The second-order valence-corrected chi connectivity index (χ2v) is 4.93. The van der Waals surface area contributed by atoms with E-state index in [-0.39, 0.29) is 17.9 Å². The van der Waals surface area contributed by atoms with Gasteiger partial charge in [0.25, 0.3) is 17.5 Å². The average Bonchev–Trinajstić information content (AvgIpc) is 2.64. The van der Waals surface area contributed by atoms with Crippen LogP contribution in [0.25, 0.3) is 6.08 Å². The summed E-state index contributed by atoms with van der Waals surface area (Å²) in [7, 11) is 0. The maximum atomic E-state index is 12.7. The van der Waals surface area contributed by atoms with Crippen molar-refractivity contribution in [3.63, 3.8) is 0 Å². The van der Waals surface area contributed by atoms with E-state index in [1.54, 1.807) is 6.07 Å². The van der Waals surface area contributed by atoms with Gasteiger partial charge < -0.3 is 4.74 Å². The van der Waals surface area contributed by atoms with Crippen LogP contribution in [0.15, 0.2) is 54.6 Å². The molecule has 2 aromatic rings. The molecular weight excluding hydrogens is 345 g/mol. The summed E-state index contributed by atoms with van der Waals surface area (Å²) in [5, 5.41) is 10.9. The first-order valence-electron chi connectivity index (χ1n) is 7.34. The molecule has 0 aromatic heterocycles. The Morgan fingerprint density at radius 3 is 2.50 bits per heavy atom. The largest absolute Gasteiger partial charge is 0.484 e. The summed E-state index contributed by atoms with van der Waals surface area (Å²) in [5.74, 6) is -1.45. The fraction of sp³-hybridized carbons (Fsp3) is 0.0588. The number of nitrogens with one attached hydrogen (secondary N) is 2. The number of halogens is 1. The van der Waals surface area contributed by atoms with Crippen molar-refractivity contribution >= 4 is 23.6 Å². The number of hydrazine groups is 1. The van der Waals surface area contributed by atoms with Crippen molar-refractivity contribution in [1.29, 1.82) is 0 Å². The van der Waals surface area contributed by atoms with E-state index in [2.05, 4.69) is 10.9 Å². The third-order valence-corrected chi connectivity index (χ3v) is 3.06. The minimum absolute atomic E-state index is 0.145. The number of amides is 2. The molecule has 0 spiro atoms. The van der Waals surface area contributed by atoms with E-state index in [0.29, 0.717) is 5.75 Å². The molecule has 9 heteroatoms. The van der Waals surface area contributed by atoms with Crippen molar-refractivity contribution in [3.8, 4) is 5.75 Å². The van der Waals surface area contributed by atoms with Gasteiger partial charge in [0.1, 0.15) is 11.6 Å². The van der Waals surface area contributed by atoms with E-state index in [4.69, 9.17) is 4.74 Å². The van der Waals surface area contributed by atoms with Gasteiger partial charge >= 0.3 is 0 Å². The number of benzene rings is 2. The molecule has 0 unspecified atom stereocenters. The van der Waals surface area contributed by atoms with Gasteiger partial charge in [0.15, 0.2) is 6.61 Å². The molecule has 2 aromatic carbocycles. The van der Waals surface area contributed by atoms with Gasteiger partial charge in [-0.05, 0) is 36.4 Å². The molecule has 0 bridgehead atoms. The molecule has 0 radical (unpaired) electrons. The molecular formula is C17H14FN3O5. The van der Waals surface area contributed by atoms with Crippen LogP contribution in [0, 0.1) is 15.9 Å². The van der Waals surface area contributed by atoms with Crippen molar-refractivity contribution in [3.05, 3.63) is 76.1 Å². The lowest BCUT2D eigenvalue weighted by Gasteiger charge is -2.07. The highest BCUT2D eigenvalue weighted by molar-refractivity contribution is 5.93. The van der Waals surface area contributed by atoms with Crippen molar-refractivity contribution in [2.24, 2.45) is 0 Å². The Labute approximate surface area is 147 Å². The molecule has 0 saturated heterocycles. The van der Waals surface area contributed by atoms with E-state index in [9.17, 15) is 24.1 Å². The lowest BCUT2D eigenvalue weighted by molar-refractivity contribution is -0.385. The fourth-order valence-electron chi connectivity index (χ4n) is 1.85. The van der Waals surface area contributed by atoms with Gasteiger partial charge in [0.05, 0.1) is 10.5 Å². The molecule has 2 rings (SSSR count). The summed E-state index contributed by atoms with van der Waals surface area (Å²) >= 11 is 0. The van der Waals surface area contributed by atoms with E-state index in [1.165, 1.54) is 48.5 Å². The van der Waals surface area contributed by atoms with Crippen LogP contribution in [0.4, 0.5) is 10.1 Å². The molecule has 0 aliphatic heterocycles. The third kappa shape index (κ3) is 5.71. The predicted octanol–water partition coefficient (Wildman–Crippen LogP) is 1.97. The Hall–Kier alpha value is -3.75. The average molecular weight is 359 g/mol. The molecule has 26 heavy (non-hydrogen) atoms. The normalized spacial score (nSPS) is 10.3. The quantitative estimate of drug-likeness (QED) is 0.465. The molecule has 134 valence electrons. The highest BCUT2D eigenvalue weighted by Gasteiger charge is 2.10. The number of nitro groups is 1. The van der Waals surface area contributed by atoms with Gasteiger partial charge in [-0.15, -0.1) is 0 Å². The molecule has 8 nitrogen and oxygen atoms in total. The Bertz CT molecular complexity index is 837. The van der Waals surface area contributed by atoms with Crippen molar-refractivity contribution in [2.75, 3.05) is 6.61 Å². The van der Waals surface area contributed by atoms with Crippen LogP contribution in [0.2, 0.25) is 0 Å². The van der Waals surface area contributed by atoms with E-state index >= 15 is 0 Å². The summed E-state index contributed by atoms with van der Waals surface area (Å²) in [6, 6.07) is 11.0. The fourth-order valence-corrected chi connectivity index (χ4v) is 1.85. The minimum Gasteiger partial charge on any atom is -0.484 e. The Balaban J connectivity index is 1.80. The van der Waals surface area contributed by atoms with E-state index in [1.807, 2.05) is 0 Å². The number of ether oxygens (including phenoxy) is 1. The van der Waals surface area contributed by atoms with Gasteiger partial charge in [-0.1, -0.05) is 12.1 Å². The Morgan fingerprint density at radius 2 is 1.81 bits per heavy atom. The van der Waals surface area contributed by atoms with Gasteiger partial charge in [-0.2, -0.15) is 0 Å². The lowest BCUT2D eigenvalue weighted by atomic mass is 10.1. The molecule has 0 fully saturated rings. The monoisotopic (exact) mass is 359 g/mol. The maximum Gasteiger partial charge on any atom is 0.276 e. The van der Waals surface area contributed by atoms with Gasteiger partial charge in [0, 0.05) is 12.1 Å². The topological polar surface area (TPSA) is 111 Å². The highest BCUT2D eigenvalue weighted by atomic mass is 19.1. The number of carbonyl (C=O) groups is 2. The summed E-state index contributed by atoms with van der Waals surface area (Å²) in [6.45, 7) is -0.389. The Kier molecular flexibility index (Phi) is 6.38. The van der Waals surface area contributed by atoms with Gasteiger partial charge in [-0.25, -0.2) is 4.39 Å². The zero-order valence-electron chi connectivity index (χ0n) is 13.3. The Morgan fingerprint density at radius 1 is 1.12 bits per heavy atom. The molecule has 2 amide bonds. The second-order valence-electron chi connectivity index (χ2n) is 4.93. The molecule has 0 atom stereocenters. The smallest absolute Gasteiger partial charge is 0.276 e. The SMILES string of the molecule is O=C(/C=C/c1ccccc1[N+](=O)[O-])NNC(=O)COc1ccc(F)cc1. The van der Waals surface area contributed by atoms with Gasteiger partial charge in [0.2, 0.25) is 0 Å². The first-order valence-corrected chi connectivity index (χ1v) is 7.34. The lowest BCUT2D eigenvalue weighted by Crippen LogP contribution is -2.43. The van der Waals surface area contributed by atoms with Crippen molar-refractivity contribution in [2.45, 2.75) is 0 Å². The van der Waals surface area contributed by atoms with Crippen LogP contribution in [0.1, 0.15) is 5.56 Å². The van der Waals surface area contributed by atoms with Crippen LogP contribution in [0.3, 0.4) is 0 Å². The van der Waals surface area contributed by atoms with E-state index < -0.39 is 22.6 Å². The van der Waals surface area contributed by atoms with Gasteiger partial charge in [-0.3, -0.25) is 30.6 Å². The molecule has 2 N–H and O–H groups in total. The number of rotatable bonds is 6. The number of para-hydroxylation sites is 1. The van der Waals surface area contributed by atoms with E-state index in [0.717, 1.165) is 6.08 Å². The number of nitro benzene ring substituents is 1. The first-order chi connectivity index (χ1) is 12.5. The number of hydrogen-bond acceptors (Lipinski definition) is 5. The minimum atomic E-state index is -0.682. The second kappa shape index (κ2) is 8.92. The molecule has 0 aliphatic rings. The zero-order valence-corrected chi connectivity index (χ0v) is 13.3. The molecule has 0 heterocycles. The van der Waals surface area contributed by atoms with Crippen LogP contribution in [-0.4, -0.2) is 23.3 Å². The molecule has 0 aliphatic carbocycles. The standard InChI is InChI=1S/C17H14FN3O5/c18-13-6-8-14(9-7-13)26-11-17(23)20-19-16(22)10-5-12-3-1-2-4-15(12)21(24)25/h1-10H,11H2,(H,19,22)(H,20,23)/b10-5+. The van der Waals surface area contributed by atoms with Crippen molar-refractivity contribution in [1.82, 2.24) is 10.9 Å². The van der Waals surface area contributed by atoms with Crippen LogP contribution in [0.5, 0.6) is 5.75 Å². The first kappa shape index (κ1) is 18.6. The third-order valence-electron chi connectivity index (χ3n) is 3.06. The number of nitrogens with zero attached hydrogens (tertiary/aromatic N) is 1. The number of carbonyl (C=O) groups excluding carboxylic acids is 2. The summed E-state index contributed by atoms with van der Waals surface area (Å²) in [6.07, 6.45) is 2.30. The summed E-state index contributed by atoms with van der Waals surface area (Å²) in [4.78, 5) is 33.5. The molecule has 0 saturated carbocycles. The zero-order chi connectivity index (χ0) is 18.9. The predicted molar refractivity (Wildman–Crippen MR) is 90.3 cm³/mol. The summed E-state index contributed by atoms with van der Waals surface area (Å²) in [5.41, 5.74) is 4.33. The maximum absolute atomic E-state index is 12.7. The van der Waals surface area contributed by atoms with Crippen molar-refractivity contribution < 1.29 is 23.6 Å². The van der Waals surface area contributed by atoms with Crippen LogP contribution >= 0.6 is 0 Å². The van der Waals surface area contributed by atoms with Crippen LogP contribution in [-0.2, 0) is 9.59 Å². The highest BCUT2D eigenvalue weighted by Crippen LogP contribution is 2.18. The number of hydrogen-bond donors (Lipinski definition) is 2.